The van der Waals surface area contributed by atoms with Crippen LogP contribution < -0.4 is 5.32 Å². The first-order chi connectivity index (χ1) is 9.19. The van der Waals surface area contributed by atoms with Gasteiger partial charge in [-0.3, -0.25) is 4.79 Å². The van der Waals surface area contributed by atoms with Crippen LogP contribution >= 0.6 is 0 Å². The second-order valence-corrected chi connectivity index (χ2v) is 5.09. The largest absolute Gasteiger partial charge is 0.376 e. The number of nitrogens with zero attached hydrogens (tertiary/aromatic N) is 2. The number of piperazine rings is 1. The average molecular weight is 261 g/mol. The molecule has 0 bridgehead atoms. The van der Waals surface area contributed by atoms with E-state index in [-0.39, 0.29) is 5.91 Å². The molecule has 1 amide bonds. The summed E-state index contributed by atoms with van der Waals surface area (Å²) in [5, 5.41) is 3.20. The zero-order valence-corrected chi connectivity index (χ0v) is 11.9. The van der Waals surface area contributed by atoms with Gasteiger partial charge in [-0.25, -0.2) is 0 Å². The summed E-state index contributed by atoms with van der Waals surface area (Å²) < 4.78 is 0. The highest BCUT2D eigenvalue weighted by Gasteiger charge is 2.18. The molecule has 1 aliphatic rings. The van der Waals surface area contributed by atoms with Gasteiger partial charge in [-0.2, -0.15) is 0 Å². The molecule has 0 atom stereocenters. The van der Waals surface area contributed by atoms with E-state index in [1.807, 2.05) is 17.0 Å². The fourth-order valence-corrected chi connectivity index (χ4v) is 2.20. The van der Waals surface area contributed by atoms with Gasteiger partial charge in [-0.1, -0.05) is 19.1 Å². The lowest BCUT2D eigenvalue weighted by atomic mass is 10.1. The number of hydrogen-bond acceptors (Lipinski definition) is 3. The van der Waals surface area contributed by atoms with Crippen LogP contribution in [0.1, 0.15) is 12.5 Å². The number of aryl methyl sites for hydroxylation is 1. The van der Waals surface area contributed by atoms with E-state index in [4.69, 9.17) is 0 Å². The molecule has 0 spiro atoms. The molecule has 104 valence electrons. The van der Waals surface area contributed by atoms with Crippen LogP contribution in [0.2, 0.25) is 0 Å². The van der Waals surface area contributed by atoms with Crippen LogP contribution in [0.15, 0.2) is 24.3 Å². The number of nitrogens with one attached hydrogen (secondary N) is 1. The third-order valence-electron chi connectivity index (χ3n) is 3.66. The molecule has 1 heterocycles. The lowest BCUT2D eigenvalue weighted by molar-refractivity contribution is -0.130. The maximum atomic E-state index is 12.0. The van der Waals surface area contributed by atoms with E-state index in [1.54, 1.807) is 0 Å². The Morgan fingerprint density at radius 3 is 2.37 bits per heavy atom. The number of amides is 1. The third kappa shape index (κ3) is 3.96. The Hall–Kier alpha value is -1.55. The SMILES string of the molecule is CCc1ccc(NCC(=O)N2CCN(C)CC2)cc1. The Morgan fingerprint density at radius 2 is 1.79 bits per heavy atom. The highest BCUT2D eigenvalue weighted by atomic mass is 16.2. The van der Waals surface area contributed by atoms with Gasteiger partial charge < -0.3 is 15.1 Å². The first kappa shape index (κ1) is 13.9. The summed E-state index contributed by atoms with van der Waals surface area (Å²) in [6.07, 6.45) is 1.04. The van der Waals surface area contributed by atoms with E-state index in [9.17, 15) is 4.79 Å². The minimum atomic E-state index is 0.188. The normalized spacial score (nSPS) is 16.4. The fourth-order valence-electron chi connectivity index (χ4n) is 2.20. The molecule has 1 N–H and O–H groups in total. The van der Waals surface area contributed by atoms with Gasteiger partial charge in [0, 0.05) is 31.9 Å². The lowest BCUT2D eigenvalue weighted by Crippen LogP contribution is -2.48. The van der Waals surface area contributed by atoms with Gasteiger partial charge in [-0.15, -0.1) is 0 Å². The van der Waals surface area contributed by atoms with Crippen molar-refractivity contribution < 1.29 is 4.79 Å². The molecule has 2 rings (SSSR count). The Labute approximate surface area is 115 Å². The predicted molar refractivity (Wildman–Crippen MR) is 78.4 cm³/mol. The van der Waals surface area contributed by atoms with Crippen LogP contribution in [0, 0.1) is 0 Å². The second-order valence-electron chi connectivity index (χ2n) is 5.09. The monoisotopic (exact) mass is 261 g/mol. The highest BCUT2D eigenvalue weighted by Crippen LogP contribution is 2.10. The average Bonchev–Trinajstić information content (AvgIpc) is 2.46. The topological polar surface area (TPSA) is 35.6 Å². The predicted octanol–water partition coefficient (Wildman–Crippen LogP) is 1.43. The molecule has 1 fully saturated rings. The van der Waals surface area contributed by atoms with Crippen LogP contribution in [0.25, 0.3) is 0 Å². The second kappa shape index (κ2) is 6.57. The summed E-state index contributed by atoms with van der Waals surface area (Å²) in [7, 11) is 2.09. The van der Waals surface area contributed by atoms with Crippen molar-refractivity contribution in [3.63, 3.8) is 0 Å². The number of carbonyl (C=O) groups excluding carboxylic acids is 1. The molecule has 1 aliphatic heterocycles. The van der Waals surface area contributed by atoms with Gasteiger partial charge in [0.2, 0.25) is 5.91 Å². The zero-order valence-electron chi connectivity index (χ0n) is 11.9. The molecule has 19 heavy (non-hydrogen) atoms. The molecule has 4 heteroatoms. The summed E-state index contributed by atoms with van der Waals surface area (Å²) in [4.78, 5) is 16.2. The molecule has 1 aromatic rings. The molecule has 0 radical (unpaired) electrons. The molecular weight excluding hydrogens is 238 g/mol. The lowest BCUT2D eigenvalue weighted by Gasteiger charge is -2.32. The van der Waals surface area contributed by atoms with Gasteiger partial charge >= 0.3 is 0 Å². The van der Waals surface area contributed by atoms with Crippen molar-refractivity contribution in [3.8, 4) is 0 Å². The van der Waals surface area contributed by atoms with Gasteiger partial charge in [0.25, 0.3) is 0 Å². The van der Waals surface area contributed by atoms with Crippen molar-refractivity contribution >= 4 is 11.6 Å². The molecule has 0 aliphatic carbocycles. The van der Waals surface area contributed by atoms with Crippen LogP contribution in [0.3, 0.4) is 0 Å². The summed E-state index contributed by atoms with van der Waals surface area (Å²) >= 11 is 0. The van der Waals surface area contributed by atoms with Crippen LogP contribution in [-0.2, 0) is 11.2 Å². The van der Waals surface area contributed by atoms with Gasteiger partial charge in [0.15, 0.2) is 0 Å². The van der Waals surface area contributed by atoms with Gasteiger partial charge in [0.1, 0.15) is 0 Å². The number of likely N-dealkylation sites (N-methyl/N-ethyl adjacent to an activating group) is 1. The number of hydrogen-bond donors (Lipinski definition) is 1. The highest BCUT2D eigenvalue weighted by molar-refractivity contribution is 5.81. The Morgan fingerprint density at radius 1 is 1.16 bits per heavy atom. The standard InChI is InChI=1S/C15H23N3O/c1-3-13-4-6-14(7-5-13)16-12-15(19)18-10-8-17(2)9-11-18/h4-7,16H,3,8-12H2,1-2H3. The zero-order chi connectivity index (χ0) is 13.7. The van der Waals surface area contributed by atoms with E-state index in [1.165, 1.54) is 5.56 Å². The maximum absolute atomic E-state index is 12.0. The van der Waals surface area contributed by atoms with E-state index in [0.29, 0.717) is 6.54 Å². The van der Waals surface area contributed by atoms with E-state index in [0.717, 1.165) is 38.3 Å². The van der Waals surface area contributed by atoms with E-state index in [2.05, 4.69) is 36.3 Å². The minimum absolute atomic E-state index is 0.188. The fraction of sp³-hybridized carbons (Fsp3) is 0.533. The first-order valence-electron chi connectivity index (χ1n) is 6.98. The molecule has 0 saturated carbocycles. The minimum Gasteiger partial charge on any atom is -0.376 e. The van der Waals surface area contributed by atoms with Crippen molar-refractivity contribution in [2.75, 3.05) is 45.1 Å². The smallest absolute Gasteiger partial charge is 0.241 e. The molecule has 0 aromatic heterocycles. The molecule has 1 saturated heterocycles. The summed E-state index contributed by atoms with van der Waals surface area (Å²) in [6, 6.07) is 8.28. The Kier molecular flexibility index (Phi) is 4.80. The Balaban J connectivity index is 1.79. The number of carbonyl (C=O) groups is 1. The van der Waals surface area contributed by atoms with Crippen molar-refractivity contribution in [2.24, 2.45) is 0 Å². The Bertz CT molecular complexity index is 408. The number of rotatable bonds is 4. The van der Waals surface area contributed by atoms with Crippen molar-refractivity contribution in [1.29, 1.82) is 0 Å². The van der Waals surface area contributed by atoms with Crippen LogP contribution in [0.5, 0.6) is 0 Å². The van der Waals surface area contributed by atoms with Crippen molar-refractivity contribution in [1.82, 2.24) is 9.80 Å². The number of anilines is 1. The maximum Gasteiger partial charge on any atom is 0.241 e. The van der Waals surface area contributed by atoms with E-state index < -0.39 is 0 Å². The molecule has 1 aromatic carbocycles. The van der Waals surface area contributed by atoms with Crippen molar-refractivity contribution in [3.05, 3.63) is 29.8 Å². The third-order valence-corrected chi connectivity index (χ3v) is 3.66. The van der Waals surface area contributed by atoms with E-state index >= 15 is 0 Å². The van der Waals surface area contributed by atoms with Crippen molar-refractivity contribution in [2.45, 2.75) is 13.3 Å². The summed E-state index contributed by atoms with van der Waals surface area (Å²) in [5.41, 5.74) is 2.33. The molecular formula is C15H23N3O. The van der Waals surface area contributed by atoms with Gasteiger partial charge in [0.05, 0.1) is 6.54 Å². The van der Waals surface area contributed by atoms with Gasteiger partial charge in [-0.05, 0) is 31.2 Å². The summed E-state index contributed by atoms with van der Waals surface area (Å²) in [6.45, 7) is 6.14. The first-order valence-corrected chi connectivity index (χ1v) is 6.98. The van der Waals surface area contributed by atoms with Crippen LogP contribution in [0.4, 0.5) is 5.69 Å². The summed E-state index contributed by atoms with van der Waals surface area (Å²) in [5.74, 6) is 0.188. The number of benzene rings is 1. The van der Waals surface area contributed by atoms with Crippen LogP contribution in [-0.4, -0.2) is 55.5 Å². The quantitative estimate of drug-likeness (QED) is 0.891. The molecule has 4 nitrogen and oxygen atoms in total. The molecule has 0 unspecified atom stereocenters.